The van der Waals surface area contributed by atoms with Crippen LogP contribution in [0, 0.1) is 0 Å². The zero-order valence-electron chi connectivity index (χ0n) is 11.3. The standard InChI is InChI=1S/C12H19N3O5/c1-7(11(17)18)13-12(19)15-4-5-20-6-9(15)10(16)14-8-2-3-8/h7-9H,2-6H2,1H3,(H,13,19)(H,14,16)(H,17,18)/t7-,9?/m0/s1. The van der Waals surface area contributed by atoms with E-state index in [1.807, 2.05) is 0 Å². The summed E-state index contributed by atoms with van der Waals surface area (Å²) in [5, 5.41) is 14.0. The average molecular weight is 285 g/mol. The van der Waals surface area contributed by atoms with E-state index in [1.165, 1.54) is 11.8 Å². The van der Waals surface area contributed by atoms with E-state index in [2.05, 4.69) is 10.6 Å². The van der Waals surface area contributed by atoms with Crippen molar-refractivity contribution in [1.29, 1.82) is 0 Å². The van der Waals surface area contributed by atoms with E-state index in [0.717, 1.165) is 12.8 Å². The predicted octanol–water partition coefficient (Wildman–Crippen LogP) is -0.851. The molecule has 1 heterocycles. The molecule has 0 bridgehead atoms. The van der Waals surface area contributed by atoms with Gasteiger partial charge in [-0.1, -0.05) is 0 Å². The fourth-order valence-corrected chi connectivity index (χ4v) is 1.92. The lowest BCUT2D eigenvalue weighted by atomic mass is 10.2. The van der Waals surface area contributed by atoms with Gasteiger partial charge in [0.25, 0.3) is 0 Å². The molecular weight excluding hydrogens is 266 g/mol. The lowest BCUT2D eigenvalue weighted by Crippen LogP contribution is -2.59. The number of hydrogen-bond acceptors (Lipinski definition) is 4. The second kappa shape index (κ2) is 6.08. The number of carboxylic acids is 1. The molecule has 8 heteroatoms. The Kier molecular flexibility index (Phi) is 4.43. The van der Waals surface area contributed by atoms with Gasteiger partial charge in [-0.2, -0.15) is 0 Å². The van der Waals surface area contributed by atoms with E-state index in [4.69, 9.17) is 9.84 Å². The highest BCUT2D eigenvalue weighted by atomic mass is 16.5. The maximum absolute atomic E-state index is 12.1. The molecule has 3 amide bonds. The molecular formula is C12H19N3O5. The molecule has 20 heavy (non-hydrogen) atoms. The first-order valence-electron chi connectivity index (χ1n) is 6.67. The summed E-state index contributed by atoms with van der Waals surface area (Å²) in [5.41, 5.74) is 0. The first-order valence-corrected chi connectivity index (χ1v) is 6.67. The largest absolute Gasteiger partial charge is 0.480 e. The maximum Gasteiger partial charge on any atom is 0.325 e. The highest BCUT2D eigenvalue weighted by Gasteiger charge is 2.36. The van der Waals surface area contributed by atoms with Gasteiger partial charge in [0, 0.05) is 12.6 Å². The second-order valence-electron chi connectivity index (χ2n) is 5.08. The van der Waals surface area contributed by atoms with E-state index in [0.29, 0.717) is 6.61 Å². The van der Waals surface area contributed by atoms with Crippen LogP contribution in [0.3, 0.4) is 0 Å². The van der Waals surface area contributed by atoms with Gasteiger partial charge in [0.05, 0.1) is 13.2 Å². The molecule has 1 saturated heterocycles. The van der Waals surface area contributed by atoms with Gasteiger partial charge in [0.1, 0.15) is 12.1 Å². The quantitative estimate of drug-likeness (QED) is 0.623. The number of carbonyl (C=O) groups is 3. The van der Waals surface area contributed by atoms with Gasteiger partial charge in [-0.05, 0) is 19.8 Å². The minimum atomic E-state index is -1.12. The monoisotopic (exact) mass is 285 g/mol. The van der Waals surface area contributed by atoms with Crippen molar-refractivity contribution in [3.8, 4) is 0 Å². The van der Waals surface area contributed by atoms with Crippen molar-refractivity contribution in [2.75, 3.05) is 19.8 Å². The van der Waals surface area contributed by atoms with Crippen molar-refractivity contribution in [3.05, 3.63) is 0 Å². The summed E-state index contributed by atoms with van der Waals surface area (Å²) in [5.74, 6) is -1.36. The SMILES string of the molecule is C[C@H](NC(=O)N1CCOCC1C(=O)NC1CC1)C(=O)O. The van der Waals surface area contributed by atoms with Crippen LogP contribution in [-0.2, 0) is 14.3 Å². The normalized spacial score (nSPS) is 23.9. The van der Waals surface area contributed by atoms with Crippen molar-refractivity contribution in [3.63, 3.8) is 0 Å². The summed E-state index contributed by atoms with van der Waals surface area (Å²) in [6, 6.07) is -2.06. The van der Waals surface area contributed by atoms with E-state index >= 15 is 0 Å². The highest BCUT2D eigenvalue weighted by molar-refractivity contribution is 5.89. The molecule has 1 saturated carbocycles. The molecule has 2 fully saturated rings. The molecule has 0 aromatic rings. The van der Waals surface area contributed by atoms with Crippen LogP contribution in [0.4, 0.5) is 4.79 Å². The Balaban J connectivity index is 1.96. The summed E-state index contributed by atoms with van der Waals surface area (Å²) in [7, 11) is 0. The van der Waals surface area contributed by atoms with Crippen molar-refractivity contribution in [2.45, 2.75) is 37.9 Å². The molecule has 2 atom stereocenters. The van der Waals surface area contributed by atoms with Crippen molar-refractivity contribution < 1.29 is 24.2 Å². The Bertz CT molecular complexity index is 410. The molecule has 0 radical (unpaired) electrons. The van der Waals surface area contributed by atoms with Crippen LogP contribution in [0.15, 0.2) is 0 Å². The first kappa shape index (κ1) is 14.6. The van der Waals surface area contributed by atoms with E-state index < -0.39 is 24.1 Å². The average Bonchev–Trinajstić information content (AvgIpc) is 3.22. The van der Waals surface area contributed by atoms with Crippen LogP contribution in [0.1, 0.15) is 19.8 Å². The number of rotatable bonds is 4. The smallest absolute Gasteiger partial charge is 0.325 e. The predicted molar refractivity (Wildman–Crippen MR) is 68.1 cm³/mol. The summed E-state index contributed by atoms with van der Waals surface area (Å²) < 4.78 is 5.24. The Morgan fingerprint density at radius 2 is 2.05 bits per heavy atom. The van der Waals surface area contributed by atoms with E-state index in [1.54, 1.807) is 0 Å². The minimum absolute atomic E-state index is 0.132. The number of nitrogens with one attached hydrogen (secondary N) is 2. The molecule has 2 rings (SSSR count). The Morgan fingerprint density at radius 3 is 2.65 bits per heavy atom. The number of aliphatic carboxylic acids is 1. The molecule has 0 aromatic carbocycles. The number of amides is 3. The first-order chi connectivity index (χ1) is 9.49. The fourth-order valence-electron chi connectivity index (χ4n) is 1.92. The van der Waals surface area contributed by atoms with Crippen LogP contribution >= 0.6 is 0 Å². The molecule has 8 nitrogen and oxygen atoms in total. The summed E-state index contributed by atoms with van der Waals surface area (Å²) >= 11 is 0. The van der Waals surface area contributed by atoms with Crippen LogP contribution in [-0.4, -0.2) is 65.8 Å². The third-order valence-corrected chi connectivity index (χ3v) is 3.33. The van der Waals surface area contributed by atoms with Crippen molar-refractivity contribution in [1.82, 2.24) is 15.5 Å². The van der Waals surface area contributed by atoms with Gasteiger partial charge in [-0.15, -0.1) is 0 Å². The number of urea groups is 1. The lowest BCUT2D eigenvalue weighted by molar-refractivity contribution is -0.138. The van der Waals surface area contributed by atoms with E-state index in [-0.39, 0.29) is 25.1 Å². The maximum atomic E-state index is 12.1. The molecule has 3 N–H and O–H groups in total. The van der Waals surface area contributed by atoms with Crippen LogP contribution in [0.5, 0.6) is 0 Å². The summed E-state index contributed by atoms with van der Waals surface area (Å²) in [6.45, 7) is 2.11. The zero-order valence-corrected chi connectivity index (χ0v) is 11.3. The highest BCUT2D eigenvalue weighted by Crippen LogP contribution is 2.19. The summed E-state index contributed by atoms with van der Waals surface area (Å²) in [6.07, 6.45) is 1.92. The molecule has 1 aliphatic heterocycles. The lowest BCUT2D eigenvalue weighted by Gasteiger charge is -2.34. The van der Waals surface area contributed by atoms with E-state index in [9.17, 15) is 14.4 Å². The Morgan fingerprint density at radius 1 is 1.35 bits per heavy atom. The Labute approximate surface area is 116 Å². The third kappa shape index (κ3) is 3.60. The number of nitrogens with zero attached hydrogens (tertiary/aromatic N) is 1. The van der Waals surface area contributed by atoms with Crippen LogP contribution in [0.25, 0.3) is 0 Å². The van der Waals surface area contributed by atoms with Crippen molar-refractivity contribution in [2.24, 2.45) is 0 Å². The molecule has 1 unspecified atom stereocenters. The number of morpholine rings is 1. The van der Waals surface area contributed by atoms with Gasteiger partial charge in [-0.25, -0.2) is 4.79 Å². The zero-order chi connectivity index (χ0) is 14.7. The number of carbonyl (C=O) groups excluding carboxylic acids is 2. The second-order valence-corrected chi connectivity index (χ2v) is 5.08. The van der Waals surface area contributed by atoms with Crippen LogP contribution < -0.4 is 10.6 Å². The Hall–Kier alpha value is -1.83. The van der Waals surface area contributed by atoms with Crippen molar-refractivity contribution >= 4 is 17.9 Å². The number of carboxylic acid groups (broad SMARTS) is 1. The van der Waals surface area contributed by atoms with Gasteiger partial charge >= 0.3 is 12.0 Å². The number of ether oxygens (including phenoxy) is 1. The van der Waals surface area contributed by atoms with Gasteiger partial charge in [0.15, 0.2) is 0 Å². The minimum Gasteiger partial charge on any atom is -0.480 e. The molecule has 112 valence electrons. The van der Waals surface area contributed by atoms with Gasteiger partial charge in [0.2, 0.25) is 5.91 Å². The van der Waals surface area contributed by atoms with Gasteiger partial charge in [-0.3, -0.25) is 9.59 Å². The molecule has 1 aliphatic carbocycles. The summed E-state index contributed by atoms with van der Waals surface area (Å²) in [4.78, 5) is 36.2. The molecule has 2 aliphatic rings. The fraction of sp³-hybridized carbons (Fsp3) is 0.750. The van der Waals surface area contributed by atoms with Crippen LogP contribution in [0.2, 0.25) is 0 Å². The topological polar surface area (TPSA) is 108 Å². The number of hydrogen-bond donors (Lipinski definition) is 3. The third-order valence-electron chi connectivity index (χ3n) is 3.33. The molecule has 0 aromatic heterocycles. The van der Waals surface area contributed by atoms with Gasteiger partial charge < -0.3 is 25.4 Å². The molecule has 0 spiro atoms.